The Morgan fingerprint density at radius 2 is 1.90 bits per heavy atom. The molecule has 1 saturated heterocycles. The molecule has 2 rings (SSSR count). The summed E-state index contributed by atoms with van der Waals surface area (Å²) in [6.45, 7) is 4.81. The van der Waals surface area contributed by atoms with Crippen LogP contribution in [-0.4, -0.2) is 49.3 Å². The zero-order chi connectivity index (χ0) is 15.3. The van der Waals surface area contributed by atoms with Crippen LogP contribution in [0, 0.1) is 5.41 Å². The SMILES string of the molecule is COc1ccccc1OCCN1CCC(C)(C(=O)O)CC1. The number of piperidine rings is 1. The molecule has 0 aliphatic carbocycles. The van der Waals surface area contributed by atoms with Crippen molar-refractivity contribution in [3.63, 3.8) is 0 Å². The van der Waals surface area contributed by atoms with Gasteiger partial charge in [-0.1, -0.05) is 12.1 Å². The molecule has 1 heterocycles. The summed E-state index contributed by atoms with van der Waals surface area (Å²) < 4.78 is 11.0. The molecule has 0 bridgehead atoms. The molecule has 0 saturated carbocycles. The van der Waals surface area contributed by atoms with Gasteiger partial charge < -0.3 is 14.6 Å². The molecule has 0 radical (unpaired) electrons. The van der Waals surface area contributed by atoms with Crippen molar-refractivity contribution in [3.05, 3.63) is 24.3 Å². The molecule has 0 aromatic heterocycles. The summed E-state index contributed by atoms with van der Waals surface area (Å²) in [6, 6.07) is 7.57. The molecule has 1 N–H and O–H groups in total. The van der Waals surface area contributed by atoms with Gasteiger partial charge in [0.1, 0.15) is 6.61 Å². The van der Waals surface area contributed by atoms with Crippen LogP contribution < -0.4 is 9.47 Å². The zero-order valence-corrected chi connectivity index (χ0v) is 12.7. The predicted molar refractivity (Wildman–Crippen MR) is 79.9 cm³/mol. The molecule has 21 heavy (non-hydrogen) atoms. The minimum absolute atomic E-state index is 0.569. The monoisotopic (exact) mass is 293 g/mol. The van der Waals surface area contributed by atoms with Gasteiger partial charge in [0, 0.05) is 6.54 Å². The van der Waals surface area contributed by atoms with Crippen LogP contribution in [0.25, 0.3) is 0 Å². The number of carboxylic acids is 1. The summed E-state index contributed by atoms with van der Waals surface area (Å²) in [6.07, 6.45) is 1.38. The Kier molecular flexibility index (Phi) is 5.07. The highest BCUT2D eigenvalue weighted by Crippen LogP contribution is 2.31. The van der Waals surface area contributed by atoms with Crippen LogP contribution in [0.15, 0.2) is 24.3 Å². The summed E-state index contributed by atoms with van der Waals surface area (Å²) in [4.78, 5) is 13.4. The zero-order valence-electron chi connectivity index (χ0n) is 12.7. The lowest BCUT2D eigenvalue weighted by molar-refractivity contribution is -0.150. The van der Waals surface area contributed by atoms with E-state index in [0.29, 0.717) is 19.4 Å². The second kappa shape index (κ2) is 6.80. The third-order valence-electron chi connectivity index (χ3n) is 4.21. The Labute approximate surface area is 125 Å². The van der Waals surface area contributed by atoms with Crippen molar-refractivity contribution in [1.29, 1.82) is 0 Å². The minimum atomic E-state index is -0.688. The first-order valence-corrected chi connectivity index (χ1v) is 7.27. The third-order valence-corrected chi connectivity index (χ3v) is 4.21. The fourth-order valence-electron chi connectivity index (χ4n) is 2.51. The molecule has 0 amide bonds. The van der Waals surface area contributed by atoms with Gasteiger partial charge in [-0.25, -0.2) is 0 Å². The lowest BCUT2D eigenvalue weighted by Gasteiger charge is -2.36. The van der Waals surface area contributed by atoms with E-state index in [0.717, 1.165) is 31.1 Å². The standard InChI is InChI=1S/C16H23NO4/c1-16(15(18)19)7-9-17(10-8-16)11-12-21-14-6-4-3-5-13(14)20-2/h3-6H,7-12H2,1-2H3,(H,18,19). The van der Waals surface area contributed by atoms with Gasteiger partial charge >= 0.3 is 5.97 Å². The number of hydrogen-bond donors (Lipinski definition) is 1. The second-order valence-corrected chi connectivity index (χ2v) is 5.71. The summed E-state index contributed by atoms with van der Waals surface area (Å²) in [5.41, 5.74) is -0.569. The summed E-state index contributed by atoms with van der Waals surface area (Å²) in [5, 5.41) is 9.21. The number of carbonyl (C=O) groups is 1. The van der Waals surface area contributed by atoms with E-state index < -0.39 is 11.4 Å². The van der Waals surface area contributed by atoms with E-state index >= 15 is 0 Å². The van der Waals surface area contributed by atoms with E-state index in [-0.39, 0.29) is 0 Å². The van der Waals surface area contributed by atoms with Crippen molar-refractivity contribution in [2.75, 3.05) is 33.4 Å². The highest BCUT2D eigenvalue weighted by atomic mass is 16.5. The fourth-order valence-corrected chi connectivity index (χ4v) is 2.51. The van der Waals surface area contributed by atoms with Gasteiger partial charge in [0.2, 0.25) is 0 Å². The van der Waals surface area contributed by atoms with E-state index in [1.54, 1.807) is 7.11 Å². The largest absolute Gasteiger partial charge is 0.493 e. The van der Waals surface area contributed by atoms with Crippen molar-refractivity contribution in [2.24, 2.45) is 5.41 Å². The van der Waals surface area contributed by atoms with Crippen LogP contribution in [0.3, 0.4) is 0 Å². The fraction of sp³-hybridized carbons (Fsp3) is 0.562. The van der Waals surface area contributed by atoms with Gasteiger partial charge in [-0.05, 0) is 45.0 Å². The molecule has 1 aliphatic heterocycles. The highest BCUT2D eigenvalue weighted by Gasteiger charge is 2.36. The van der Waals surface area contributed by atoms with Crippen LogP contribution >= 0.6 is 0 Å². The highest BCUT2D eigenvalue weighted by molar-refractivity contribution is 5.74. The van der Waals surface area contributed by atoms with Crippen molar-refractivity contribution in [3.8, 4) is 11.5 Å². The normalized spacial score (nSPS) is 18.2. The molecular weight excluding hydrogens is 270 g/mol. The van der Waals surface area contributed by atoms with Crippen LogP contribution in [0.1, 0.15) is 19.8 Å². The molecular formula is C16H23NO4. The van der Waals surface area contributed by atoms with Gasteiger partial charge in [-0.15, -0.1) is 0 Å². The number of ether oxygens (including phenoxy) is 2. The first-order valence-electron chi connectivity index (χ1n) is 7.27. The maximum absolute atomic E-state index is 11.2. The lowest BCUT2D eigenvalue weighted by Crippen LogP contribution is -2.43. The summed E-state index contributed by atoms with van der Waals surface area (Å²) in [7, 11) is 1.62. The van der Waals surface area contributed by atoms with E-state index in [2.05, 4.69) is 4.90 Å². The van der Waals surface area contributed by atoms with Crippen LogP contribution in [0.4, 0.5) is 0 Å². The second-order valence-electron chi connectivity index (χ2n) is 5.71. The Bertz CT molecular complexity index is 481. The molecule has 1 aromatic rings. The van der Waals surface area contributed by atoms with Gasteiger partial charge in [-0.3, -0.25) is 9.69 Å². The molecule has 1 aliphatic rings. The maximum Gasteiger partial charge on any atom is 0.309 e. The van der Waals surface area contributed by atoms with Crippen LogP contribution in [-0.2, 0) is 4.79 Å². The van der Waals surface area contributed by atoms with E-state index in [1.807, 2.05) is 31.2 Å². The topological polar surface area (TPSA) is 59.0 Å². The Morgan fingerprint density at radius 3 is 2.48 bits per heavy atom. The van der Waals surface area contributed by atoms with Gasteiger partial charge in [0.25, 0.3) is 0 Å². The van der Waals surface area contributed by atoms with Crippen LogP contribution in [0.2, 0.25) is 0 Å². The lowest BCUT2D eigenvalue weighted by atomic mass is 9.80. The quantitative estimate of drug-likeness (QED) is 0.872. The molecule has 0 unspecified atom stereocenters. The van der Waals surface area contributed by atoms with E-state index in [1.165, 1.54) is 0 Å². The summed E-state index contributed by atoms with van der Waals surface area (Å²) >= 11 is 0. The molecule has 0 spiro atoms. The van der Waals surface area contributed by atoms with Gasteiger partial charge in [0.15, 0.2) is 11.5 Å². The van der Waals surface area contributed by atoms with E-state index in [4.69, 9.17) is 9.47 Å². The maximum atomic E-state index is 11.2. The van der Waals surface area contributed by atoms with Crippen molar-refractivity contribution >= 4 is 5.97 Å². The average Bonchev–Trinajstić information content (AvgIpc) is 2.50. The number of aliphatic carboxylic acids is 1. The van der Waals surface area contributed by atoms with Crippen LogP contribution in [0.5, 0.6) is 11.5 Å². The smallest absolute Gasteiger partial charge is 0.309 e. The number of methoxy groups -OCH3 is 1. The molecule has 0 atom stereocenters. The average molecular weight is 293 g/mol. The number of benzene rings is 1. The minimum Gasteiger partial charge on any atom is -0.493 e. The Morgan fingerprint density at radius 1 is 1.29 bits per heavy atom. The molecule has 5 nitrogen and oxygen atoms in total. The molecule has 1 aromatic carbocycles. The number of para-hydroxylation sites is 2. The summed E-state index contributed by atoms with van der Waals surface area (Å²) in [5.74, 6) is 0.786. The number of likely N-dealkylation sites (tertiary alicyclic amines) is 1. The Hall–Kier alpha value is -1.75. The first kappa shape index (κ1) is 15.6. The van der Waals surface area contributed by atoms with Crippen molar-refractivity contribution < 1.29 is 19.4 Å². The van der Waals surface area contributed by atoms with Gasteiger partial charge in [-0.2, -0.15) is 0 Å². The molecule has 1 fully saturated rings. The number of hydrogen-bond acceptors (Lipinski definition) is 4. The Balaban J connectivity index is 1.77. The number of carboxylic acid groups (broad SMARTS) is 1. The molecule has 116 valence electrons. The molecule has 5 heteroatoms. The predicted octanol–water partition coefficient (Wildman–Crippen LogP) is 2.26. The van der Waals surface area contributed by atoms with Crippen molar-refractivity contribution in [2.45, 2.75) is 19.8 Å². The van der Waals surface area contributed by atoms with Crippen molar-refractivity contribution in [1.82, 2.24) is 4.90 Å². The number of nitrogens with zero attached hydrogens (tertiary/aromatic N) is 1. The van der Waals surface area contributed by atoms with E-state index in [9.17, 15) is 9.90 Å². The van der Waals surface area contributed by atoms with Gasteiger partial charge in [0.05, 0.1) is 12.5 Å². The number of rotatable bonds is 6. The third kappa shape index (κ3) is 3.88. The first-order chi connectivity index (χ1) is 10.0.